The van der Waals surface area contributed by atoms with Gasteiger partial charge in [0.1, 0.15) is 5.82 Å². The third kappa shape index (κ3) is 5.16. The Morgan fingerprint density at radius 2 is 1.96 bits per heavy atom. The van der Waals surface area contributed by atoms with Crippen molar-refractivity contribution in [2.45, 2.75) is 20.1 Å². The largest absolute Gasteiger partial charge is 0.380 e. The summed E-state index contributed by atoms with van der Waals surface area (Å²) in [6.07, 6.45) is 3.53. The zero-order valence-corrected chi connectivity index (χ0v) is 16.4. The van der Waals surface area contributed by atoms with Gasteiger partial charge in [-0.3, -0.25) is 0 Å². The number of nitrogens with one attached hydrogen (secondary N) is 1. The lowest BCUT2D eigenvalue weighted by Gasteiger charge is -2.36. The van der Waals surface area contributed by atoms with E-state index in [0.717, 1.165) is 50.2 Å². The van der Waals surface area contributed by atoms with Crippen LogP contribution in [0.5, 0.6) is 0 Å². The van der Waals surface area contributed by atoms with Crippen LogP contribution in [-0.2, 0) is 17.9 Å². The van der Waals surface area contributed by atoms with Crippen LogP contribution in [0.1, 0.15) is 18.1 Å². The molecule has 28 heavy (non-hydrogen) atoms. The first-order valence-electron chi connectivity index (χ1n) is 9.52. The second-order valence-electron chi connectivity index (χ2n) is 6.55. The predicted octanol–water partition coefficient (Wildman–Crippen LogP) is 2.05. The Morgan fingerprint density at radius 1 is 1.21 bits per heavy atom. The van der Waals surface area contributed by atoms with Crippen LogP contribution in [-0.4, -0.2) is 60.7 Å². The van der Waals surface area contributed by atoms with E-state index in [9.17, 15) is 4.39 Å². The normalized spacial score (nSPS) is 15.0. The van der Waals surface area contributed by atoms with E-state index in [0.29, 0.717) is 12.1 Å². The van der Waals surface area contributed by atoms with Crippen molar-refractivity contribution in [3.63, 3.8) is 0 Å². The van der Waals surface area contributed by atoms with Crippen LogP contribution in [0.25, 0.3) is 0 Å². The molecular formula is C20H27FN6O. The highest BCUT2D eigenvalue weighted by Crippen LogP contribution is 2.14. The van der Waals surface area contributed by atoms with Gasteiger partial charge in [0.05, 0.1) is 13.2 Å². The number of anilines is 1. The minimum Gasteiger partial charge on any atom is -0.380 e. The molecule has 2 heterocycles. The summed E-state index contributed by atoms with van der Waals surface area (Å²) in [6.45, 7) is 6.93. The molecule has 0 radical (unpaired) electrons. The average molecular weight is 386 g/mol. The number of piperazine rings is 1. The standard InChI is InChI=1S/C20H27FN6O/c1-3-22-19(25-14-16-5-6-18(21)17(13-16)15-28-2)26-9-11-27(12-10-26)20-23-7-4-8-24-20/h4-8,13H,3,9-12,14-15H2,1-2H3,(H,22,25). The fraction of sp³-hybridized carbons (Fsp3) is 0.450. The molecule has 0 saturated carbocycles. The van der Waals surface area contributed by atoms with Crippen molar-refractivity contribution < 1.29 is 9.13 Å². The van der Waals surface area contributed by atoms with Crippen molar-refractivity contribution in [1.82, 2.24) is 20.2 Å². The van der Waals surface area contributed by atoms with Gasteiger partial charge in [0.2, 0.25) is 5.95 Å². The summed E-state index contributed by atoms with van der Waals surface area (Å²) >= 11 is 0. The highest BCUT2D eigenvalue weighted by Gasteiger charge is 2.21. The third-order valence-corrected chi connectivity index (χ3v) is 4.57. The number of hydrogen-bond donors (Lipinski definition) is 1. The maximum Gasteiger partial charge on any atom is 0.225 e. The van der Waals surface area contributed by atoms with E-state index >= 15 is 0 Å². The first kappa shape index (κ1) is 20.0. The molecule has 1 aliphatic rings. The van der Waals surface area contributed by atoms with E-state index in [-0.39, 0.29) is 12.4 Å². The van der Waals surface area contributed by atoms with E-state index in [1.54, 1.807) is 25.6 Å². The second-order valence-corrected chi connectivity index (χ2v) is 6.55. The summed E-state index contributed by atoms with van der Waals surface area (Å²) in [5, 5.41) is 3.36. The monoisotopic (exact) mass is 386 g/mol. The summed E-state index contributed by atoms with van der Waals surface area (Å²) in [5.41, 5.74) is 1.51. The van der Waals surface area contributed by atoms with Crippen molar-refractivity contribution in [1.29, 1.82) is 0 Å². The molecule has 1 fully saturated rings. The van der Waals surface area contributed by atoms with Crippen LogP contribution in [0, 0.1) is 5.82 Å². The summed E-state index contributed by atoms with van der Waals surface area (Å²) in [5.74, 6) is 1.38. The molecule has 2 aromatic rings. The predicted molar refractivity (Wildman–Crippen MR) is 108 cm³/mol. The fourth-order valence-electron chi connectivity index (χ4n) is 3.16. The molecule has 0 spiro atoms. The highest BCUT2D eigenvalue weighted by atomic mass is 19.1. The van der Waals surface area contributed by atoms with Gasteiger partial charge in [-0.25, -0.2) is 19.4 Å². The Kier molecular flexibility index (Phi) is 7.13. The highest BCUT2D eigenvalue weighted by molar-refractivity contribution is 5.80. The van der Waals surface area contributed by atoms with Crippen molar-refractivity contribution in [2.75, 3.05) is 44.7 Å². The summed E-state index contributed by atoms with van der Waals surface area (Å²) < 4.78 is 18.9. The Morgan fingerprint density at radius 3 is 2.64 bits per heavy atom. The molecule has 1 aliphatic heterocycles. The van der Waals surface area contributed by atoms with E-state index in [1.165, 1.54) is 6.07 Å². The molecule has 0 unspecified atom stereocenters. The van der Waals surface area contributed by atoms with Gasteiger partial charge in [-0.05, 0) is 30.7 Å². The van der Waals surface area contributed by atoms with Crippen LogP contribution in [0.4, 0.5) is 10.3 Å². The van der Waals surface area contributed by atoms with Gasteiger partial charge < -0.3 is 19.9 Å². The number of methoxy groups -OCH3 is 1. The molecule has 0 bridgehead atoms. The van der Waals surface area contributed by atoms with Crippen molar-refractivity contribution in [2.24, 2.45) is 4.99 Å². The Balaban J connectivity index is 1.64. The SMILES string of the molecule is CCNC(=NCc1ccc(F)c(COC)c1)N1CCN(c2ncccn2)CC1. The molecule has 7 nitrogen and oxygen atoms in total. The van der Waals surface area contributed by atoms with E-state index in [2.05, 4.69) is 32.0 Å². The molecule has 1 N–H and O–H groups in total. The molecule has 0 atom stereocenters. The molecule has 150 valence electrons. The maximum absolute atomic E-state index is 13.8. The van der Waals surface area contributed by atoms with Gasteiger partial charge in [-0.2, -0.15) is 0 Å². The van der Waals surface area contributed by atoms with Crippen molar-refractivity contribution >= 4 is 11.9 Å². The van der Waals surface area contributed by atoms with Crippen LogP contribution in [0.2, 0.25) is 0 Å². The first-order chi connectivity index (χ1) is 13.7. The quantitative estimate of drug-likeness (QED) is 0.606. The van der Waals surface area contributed by atoms with Crippen LogP contribution >= 0.6 is 0 Å². The smallest absolute Gasteiger partial charge is 0.225 e. The molecular weight excluding hydrogens is 359 g/mol. The number of aromatic nitrogens is 2. The summed E-state index contributed by atoms with van der Waals surface area (Å²) in [4.78, 5) is 17.8. The average Bonchev–Trinajstić information content (AvgIpc) is 2.74. The number of aliphatic imine (C=N–C) groups is 1. The minimum absolute atomic E-state index is 0.249. The van der Waals surface area contributed by atoms with Crippen LogP contribution < -0.4 is 10.2 Å². The molecule has 1 aromatic carbocycles. The Labute approximate surface area is 165 Å². The van der Waals surface area contributed by atoms with Crippen LogP contribution in [0.3, 0.4) is 0 Å². The number of benzene rings is 1. The Hall–Kier alpha value is -2.74. The van der Waals surface area contributed by atoms with Gasteiger partial charge in [-0.15, -0.1) is 0 Å². The fourth-order valence-corrected chi connectivity index (χ4v) is 3.16. The van der Waals surface area contributed by atoms with E-state index in [4.69, 9.17) is 9.73 Å². The lowest BCUT2D eigenvalue weighted by atomic mass is 10.1. The van der Waals surface area contributed by atoms with Crippen LogP contribution in [0.15, 0.2) is 41.7 Å². The van der Waals surface area contributed by atoms with Gasteiger partial charge in [0.15, 0.2) is 5.96 Å². The van der Waals surface area contributed by atoms with E-state index in [1.807, 2.05) is 12.1 Å². The number of ether oxygens (including phenoxy) is 1. The minimum atomic E-state index is -0.249. The van der Waals surface area contributed by atoms with Crippen molar-refractivity contribution in [3.05, 3.63) is 53.6 Å². The molecule has 1 aromatic heterocycles. The molecule has 8 heteroatoms. The molecule has 1 saturated heterocycles. The zero-order chi connectivity index (χ0) is 19.8. The summed E-state index contributed by atoms with van der Waals surface area (Å²) in [6, 6.07) is 6.89. The maximum atomic E-state index is 13.8. The van der Waals surface area contributed by atoms with Gasteiger partial charge in [-0.1, -0.05) is 6.07 Å². The Bertz CT molecular complexity index is 778. The van der Waals surface area contributed by atoms with Crippen molar-refractivity contribution in [3.8, 4) is 0 Å². The van der Waals surface area contributed by atoms with Gasteiger partial charge in [0.25, 0.3) is 0 Å². The number of nitrogens with zero attached hydrogens (tertiary/aromatic N) is 5. The third-order valence-electron chi connectivity index (χ3n) is 4.57. The number of halogens is 1. The topological polar surface area (TPSA) is 65.9 Å². The first-order valence-corrected chi connectivity index (χ1v) is 9.52. The molecule has 3 rings (SSSR count). The lowest BCUT2D eigenvalue weighted by molar-refractivity contribution is 0.181. The zero-order valence-electron chi connectivity index (χ0n) is 16.4. The number of guanidine groups is 1. The lowest BCUT2D eigenvalue weighted by Crippen LogP contribution is -2.52. The number of hydrogen-bond acceptors (Lipinski definition) is 5. The second kappa shape index (κ2) is 9.98. The number of rotatable bonds is 6. The molecule has 0 aliphatic carbocycles. The summed E-state index contributed by atoms with van der Waals surface area (Å²) in [7, 11) is 1.56. The van der Waals surface area contributed by atoms with Gasteiger partial charge >= 0.3 is 0 Å². The van der Waals surface area contributed by atoms with E-state index < -0.39 is 0 Å². The van der Waals surface area contributed by atoms with Gasteiger partial charge in [0, 0.05) is 57.8 Å². The molecule has 0 amide bonds.